The second kappa shape index (κ2) is 5.69. The second-order valence-corrected chi connectivity index (χ2v) is 3.08. The fraction of sp³-hybridized carbons (Fsp3) is 0.273. The Morgan fingerprint density at radius 3 is 2.77 bits per heavy atom. The zero-order chi connectivity index (χ0) is 9.52. The van der Waals surface area contributed by atoms with Crippen LogP contribution in [0, 0.1) is 11.8 Å². The Bertz CT molecular complexity index is 322. The fourth-order valence-corrected chi connectivity index (χ4v) is 1.15. The van der Waals surface area contributed by atoms with Gasteiger partial charge in [-0.15, -0.1) is 0 Å². The molecule has 0 spiro atoms. The van der Waals surface area contributed by atoms with Crippen LogP contribution in [0.15, 0.2) is 24.3 Å². The van der Waals surface area contributed by atoms with Crippen LogP contribution >= 0.6 is 12.6 Å². The van der Waals surface area contributed by atoms with Crippen molar-refractivity contribution in [3.05, 3.63) is 35.4 Å². The van der Waals surface area contributed by atoms with Gasteiger partial charge in [-0.05, 0) is 11.6 Å². The van der Waals surface area contributed by atoms with Gasteiger partial charge < -0.3 is 5.73 Å². The van der Waals surface area contributed by atoms with Gasteiger partial charge in [0.2, 0.25) is 0 Å². The average Bonchev–Trinajstić information content (AvgIpc) is 2.19. The maximum atomic E-state index is 5.57. The van der Waals surface area contributed by atoms with Gasteiger partial charge in [0.1, 0.15) is 0 Å². The lowest BCUT2D eigenvalue weighted by molar-refractivity contribution is 1.06. The van der Waals surface area contributed by atoms with Crippen molar-refractivity contribution < 1.29 is 0 Å². The Kier molecular flexibility index (Phi) is 4.45. The van der Waals surface area contributed by atoms with Crippen molar-refractivity contribution in [2.75, 3.05) is 5.75 Å². The van der Waals surface area contributed by atoms with Gasteiger partial charge in [-0.2, -0.15) is 12.6 Å². The van der Waals surface area contributed by atoms with Crippen LogP contribution in [0.2, 0.25) is 0 Å². The predicted molar refractivity (Wildman–Crippen MR) is 59.7 cm³/mol. The first-order chi connectivity index (χ1) is 6.38. The summed E-state index contributed by atoms with van der Waals surface area (Å²) in [6.07, 6.45) is 0.821. The van der Waals surface area contributed by atoms with Crippen LogP contribution in [-0.2, 0) is 6.54 Å². The van der Waals surface area contributed by atoms with Crippen molar-refractivity contribution in [3.63, 3.8) is 0 Å². The minimum absolute atomic E-state index is 0.547. The molecule has 68 valence electrons. The number of hydrogen-bond donors (Lipinski definition) is 2. The third kappa shape index (κ3) is 3.14. The summed E-state index contributed by atoms with van der Waals surface area (Å²) in [7, 11) is 0. The molecular formula is C11H13NS. The highest BCUT2D eigenvalue weighted by Crippen LogP contribution is 2.05. The van der Waals surface area contributed by atoms with Gasteiger partial charge in [-0.1, -0.05) is 30.0 Å². The molecule has 0 aliphatic heterocycles. The zero-order valence-electron chi connectivity index (χ0n) is 7.46. The molecule has 0 saturated heterocycles. The summed E-state index contributed by atoms with van der Waals surface area (Å²) in [6, 6.07) is 7.95. The van der Waals surface area contributed by atoms with Gasteiger partial charge in [-0.25, -0.2) is 0 Å². The summed E-state index contributed by atoms with van der Waals surface area (Å²) in [5.41, 5.74) is 7.71. The molecule has 0 aromatic heterocycles. The summed E-state index contributed by atoms with van der Waals surface area (Å²) in [5, 5.41) is 0. The summed E-state index contributed by atoms with van der Waals surface area (Å²) in [4.78, 5) is 0. The van der Waals surface area contributed by atoms with Gasteiger partial charge in [0, 0.05) is 24.3 Å². The Hall–Kier alpha value is -0.910. The zero-order valence-corrected chi connectivity index (χ0v) is 8.35. The molecule has 2 N–H and O–H groups in total. The number of benzene rings is 1. The lowest BCUT2D eigenvalue weighted by atomic mass is 10.1. The first-order valence-electron chi connectivity index (χ1n) is 4.26. The highest BCUT2D eigenvalue weighted by atomic mass is 32.1. The van der Waals surface area contributed by atoms with Crippen LogP contribution in [-0.4, -0.2) is 5.75 Å². The average molecular weight is 191 g/mol. The van der Waals surface area contributed by atoms with Crippen molar-refractivity contribution in [1.29, 1.82) is 0 Å². The predicted octanol–water partition coefficient (Wildman–Crippen LogP) is 1.82. The molecule has 0 fully saturated rings. The van der Waals surface area contributed by atoms with E-state index < -0.39 is 0 Å². The molecular weight excluding hydrogens is 178 g/mol. The molecule has 0 atom stereocenters. The van der Waals surface area contributed by atoms with Crippen LogP contribution < -0.4 is 5.73 Å². The highest BCUT2D eigenvalue weighted by Gasteiger charge is 1.93. The molecule has 0 bridgehead atoms. The van der Waals surface area contributed by atoms with Gasteiger partial charge in [0.05, 0.1) is 0 Å². The Balaban J connectivity index is 2.82. The minimum Gasteiger partial charge on any atom is -0.326 e. The minimum atomic E-state index is 0.547. The van der Waals surface area contributed by atoms with Crippen LogP contribution in [0.25, 0.3) is 0 Å². The number of thiol groups is 1. The summed E-state index contributed by atoms with van der Waals surface area (Å²) in [5.74, 6) is 6.93. The lowest BCUT2D eigenvalue weighted by Crippen LogP contribution is -1.98. The molecule has 0 unspecified atom stereocenters. The van der Waals surface area contributed by atoms with Crippen molar-refractivity contribution in [2.45, 2.75) is 13.0 Å². The standard InChI is InChI=1S/C11H13NS/c12-9-11-7-2-1-5-10(11)6-3-4-8-13/h1-2,5,7,13H,4,8-9,12H2. The van der Waals surface area contributed by atoms with E-state index in [0.717, 1.165) is 23.3 Å². The Morgan fingerprint density at radius 1 is 1.31 bits per heavy atom. The van der Waals surface area contributed by atoms with E-state index in [-0.39, 0.29) is 0 Å². The number of nitrogens with two attached hydrogens (primary N) is 1. The van der Waals surface area contributed by atoms with E-state index in [1.807, 2.05) is 24.3 Å². The van der Waals surface area contributed by atoms with Crippen molar-refractivity contribution >= 4 is 12.6 Å². The smallest absolute Gasteiger partial charge is 0.0290 e. The third-order valence-corrected chi connectivity index (χ3v) is 1.92. The molecule has 2 heteroatoms. The summed E-state index contributed by atoms with van der Waals surface area (Å²) >= 11 is 4.09. The van der Waals surface area contributed by atoms with Crippen molar-refractivity contribution in [2.24, 2.45) is 5.73 Å². The maximum Gasteiger partial charge on any atom is 0.0290 e. The Labute approximate surface area is 84.8 Å². The Morgan fingerprint density at radius 2 is 2.08 bits per heavy atom. The summed E-state index contributed by atoms with van der Waals surface area (Å²) in [6.45, 7) is 0.547. The highest BCUT2D eigenvalue weighted by molar-refractivity contribution is 7.80. The van der Waals surface area contributed by atoms with Gasteiger partial charge in [0.15, 0.2) is 0 Å². The molecule has 0 radical (unpaired) electrons. The molecule has 0 saturated carbocycles. The molecule has 1 aromatic rings. The number of rotatable bonds is 2. The monoisotopic (exact) mass is 191 g/mol. The molecule has 1 nitrogen and oxygen atoms in total. The topological polar surface area (TPSA) is 26.0 Å². The van der Waals surface area contributed by atoms with E-state index >= 15 is 0 Å². The number of hydrogen-bond acceptors (Lipinski definition) is 2. The third-order valence-electron chi connectivity index (χ3n) is 1.70. The molecule has 0 aliphatic rings. The molecule has 0 heterocycles. The van der Waals surface area contributed by atoms with E-state index in [9.17, 15) is 0 Å². The van der Waals surface area contributed by atoms with Crippen molar-refractivity contribution in [1.82, 2.24) is 0 Å². The molecule has 1 rings (SSSR count). The SMILES string of the molecule is NCc1ccccc1C#CCCS. The van der Waals surface area contributed by atoms with Crippen LogP contribution in [0.1, 0.15) is 17.5 Å². The van der Waals surface area contributed by atoms with E-state index in [1.165, 1.54) is 0 Å². The molecule has 13 heavy (non-hydrogen) atoms. The van der Waals surface area contributed by atoms with Crippen LogP contribution in [0.5, 0.6) is 0 Å². The molecule has 1 aromatic carbocycles. The summed E-state index contributed by atoms with van der Waals surface area (Å²) < 4.78 is 0. The molecule has 0 aliphatic carbocycles. The normalized spacial score (nSPS) is 9.08. The second-order valence-electron chi connectivity index (χ2n) is 2.64. The van der Waals surface area contributed by atoms with E-state index in [1.54, 1.807) is 0 Å². The quantitative estimate of drug-likeness (QED) is 0.541. The van der Waals surface area contributed by atoms with Gasteiger partial charge in [-0.3, -0.25) is 0 Å². The first-order valence-corrected chi connectivity index (χ1v) is 4.89. The van der Waals surface area contributed by atoms with Gasteiger partial charge in [0.25, 0.3) is 0 Å². The largest absolute Gasteiger partial charge is 0.326 e. The van der Waals surface area contributed by atoms with E-state index in [4.69, 9.17) is 5.73 Å². The molecule has 0 amide bonds. The fourth-order valence-electron chi connectivity index (χ4n) is 1.03. The first kappa shape index (κ1) is 10.2. The van der Waals surface area contributed by atoms with Gasteiger partial charge >= 0.3 is 0 Å². The van der Waals surface area contributed by atoms with Crippen LogP contribution in [0.4, 0.5) is 0 Å². The van der Waals surface area contributed by atoms with E-state index in [0.29, 0.717) is 6.54 Å². The van der Waals surface area contributed by atoms with E-state index in [2.05, 4.69) is 24.5 Å². The van der Waals surface area contributed by atoms with Crippen molar-refractivity contribution in [3.8, 4) is 11.8 Å². The maximum absolute atomic E-state index is 5.57. The van der Waals surface area contributed by atoms with Crippen LogP contribution in [0.3, 0.4) is 0 Å². The lowest BCUT2D eigenvalue weighted by Gasteiger charge is -1.98.